The van der Waals surface area contributed by atoms with Crippen LogP contribution in [0, 0.1) is 5.92 Å². The van der Waals surface area contributed by atoms with Crippen molar-refractivity contribution in [1.29, 1.82) is 0 Å². The van der Waals surface area contributed by atoms with Crippen LogP contribution in [0.3, 0.4) is 0 Å². The monoisotopic (exact) mass is 270 g/mol. The van der Waals surface area contributed by atoms with Crippen molar-refractivity contribution in [3.63, 3.8) is 0 Å². The molecule has 1 aliphatic carbocycles. The first-order chi connectivity index (χ1) is 9.02. The Balaban J connectivity index is 1.95. The van der Waals surface area contributed by atoms with E-state index in [2.05, 4.69) is 4.74 Å². The number of hydrogen-bond acceptors (Lipinski definition) is 4. The van der Waals surface area contributed by atoms with Crippen LogP contribution < -0.4 is 0 Å². The quantitative estimate of drug-likeness (QED) is 0.735. The predicted molar refractivity (Wildman–Crippen MR) is 64.5 cm³/mol. The lowest BCUT2D eigenvalue weighted by Gasteiger charge is -2.26. The zero-order chi connectivity index (χ0) is 14.0. The molecule has 0 aromatic rings. The third kappa shape index (κ3) is 3.15. The second-order valence-electron chi connectivity index (χ2n) is 4.99. The number of hydrogen-bond donors (Lipinski definition) is 1. The Hall–Kier alpha value is -1.79. The molecule has 0 spiro atoms. The number of carbonyl (C=O) groups is 3. The summed E-state index contributed by atoms with van der Waals surface area (Å²) in [4.78, 5) is 37.4. The predicted octanol–water partition coefficient (Wildman–Crippen LogP) is 0.150. The number of rotatable bonds is 4. The number of carboxylic acids is 1. The van der Waals surface area contributed by atoms with E-state index >= 15 is 0 Å². The maximum absolute atomic E-state index is 12.3. The zero-order valence-corrected chi connectivity index (χ0v) is 10.9. The fourth-order valence-corrected chi connectivity index (χ4v) is 2.36. The van der Waals surface area contributed by atoms with Gasteiger partial charge in [-0.05, 0) is 19.3 Å². The Morgan fingerprint density at radius 1 is 1.32 bits per heavy atom. The summed E-state index contributed by atoms with van der Waals surface area (Å²) in [6, 6.07) is -0.239. The van der Waals surface area contributed by atoms with Gasteiger partial charge in [0.05, 0.1) is 13.0 Å². The van der Waals surface area contributed by atoms with Crippen LogP contribution in [0.4, 0.5) is 4.79 Å². The van der Waals surface area contributed by atoms with E-state index in [1.54, 1.807) is 4.90 Å². The van der Waals surface area contributed by atoms with Gasteiger partial charge in [0.2, 0.25) is 0 Å². The molecule has 1 unspecified atom stereocenters. The average Bonchev–Trinajstić information content (AvgIpc) is 3.10. The summed E-state index contributed by atoms with van der Waals surface area (Å²) in [5.74, 6) is -1.62. The Morgan fingerprint density at radius 2 is 2.00 bits per heavy atom. The molecular formula is C12H18N2O5. The van der Waals surface area contributed by atoms with Gasteiger partial charge in [-0.1, -0.05) is 0 Å². The van der Waals surface area contributed by atoms with Crippen LogP contribution in [0.2, 0.25) is 0 Å². The highest BCUT2D eigenvalue weighted by Gasteiger charge is 2.39. The van der Waals surface area contributed by atoms with Crippen molar-refractivity contribution < 1.29 is 24.2 Å². The van der Waals surface area contributed by atoms with E-state index in [1.165, 1.54) is 12.0 Å². The van der Waals surface area contributed by atoms with E-state index < -0.39 is 5.97 Å². The van der Waals surface area contributed by atoms with Crippen molar-refractivity contribution in [2.24, 2.45) is 5.92 Å². The summed E-state index contributed by atoms with van der Waals surface area (Å²) in [7, 11) is 1.33. The second-order valence-corrected chi connectivity index (χ2v) is 4.99. The number of aliphatic carboxylic acids is 1. The molecule has 2 fully saturated rings. The molecule has 0 aromatic carbocycles. The molecule has 106 valence electrons. The number of amides is 2. The number of esters is 1. The molecule has 2 rings (SSSR count). The summed E-state index contributed by atoms with van der Waals surface area (Å²) in [6.07, 6.45) is 2.28. The van der Waals surface area contributed by atoms with Gasteiger partial charge in [-0.15, -0.1) is 0 Å². The van der Waals surface area contributed by atoms with Crippen molar-refractivity contribution in [2.45, 2.75) is 25.3 Å². The molecule has 1 atom stereocenters. The van der Waals surface area contributed by atoms with Crippen molar-refractivity contribution in [2.75, 3.05) is 26.7 Å². The first-order valence-electron chi connectivity index (χ1n) is 6.38. The minimum Gasteiger partial charge on any atom is -0.480 e. The molecule has 0 aromatic heterocycles. The van der Waals surface area contributed by atoms with Gasteiger partial charge >= 0.3 is 18.0 Å². The van der Waals surface area contributed by atoms with Crippen molar-refractivity contribution in [1.82, 2.24) is 9.80 Å². The van der Waals surface area contributed by atoms with Crippen molar-refractivity contribution >= 4 is 18.0 Å². The molecule has 0 radical (unpaired) electrons. The Labute approximate surface area is 111 Å². The summed E-state index contributed by atoms with van der Waals surface area (Å²) < 4.78 is 4.66. The lowest BCUT2D eigenvalue weighted by Crippen LogP contribution is -2.45. The Kier molecular flexibility index (Phi) is 3.92. The highest BCUT2D eigenvalue weighted by molar-refractivity contribution is 5.82. The number of urea groups is 1. The molecule has 0 bridgehead atoms. The number of carboxylic acid groups (broad SMARTS) is 1. The van der Waals surface area contributed by atoms with Gasteiger partial charge in [0, 0.05) is 19.1 Å². The number of carbonyl (C=O) groups excluding carboxylic acids is 2. The molecule has 1 heterocycles. The molecule has 1 N–H and O–H groups in total. The lowest BCUT2D eigenvalue weighted by atomic mass is 10.1. The van der Waals surface area contributed by atoms with Crippen LogP contribution in [0.25, 0.3) is 0 Å². The van der Waals surface area contributed by atoms with Crippen LogP contribution >= 0.6 is 0 Å². The Bertz CT molecular complexity index is 394. The van der Waals surface area contributed by atoms with E-state index in [0.717, 1.165) is 12.8 Å². The minimum atomic E-state index is -1.01. The maximum Gasteiger partial charge on any atom is 0.323 e. The Morgan fingerprint density at radius 3 is 2.53 bits per heavy atom. The van der Waals surface area contributed by atoms with Gasteiger partial charge in [0.25, 0.3) is 0 Å². The van der Waals surface area contributed by atoms with Gasteiger partial charge in [0.15, 0.2) is 0 Å². The van der Waals surface area contributed by atoms with Gasteiger partial charge in [-0.3, -0.25) is 9.59 Å². The van der Waals surface area contributed by atoms with Crippen molar-refractivity contribution in [3.05, 3.63) is 0 Å². The van der Waals surface area contributed by atoms with Gasteiger partial charge in [-0.2, -0.15) is 0 Å². The largest absolute Gasteiger partial charge is 0.480 e. The smallest absolute Gasteiger partial charge is 0.323 e. The summed E-state index contributed by atoms with van der Waals surface area (Å²) in [5, 5.41) is 8.84. The molecule has 2 aliphatic rings. The second kappa shape index (κ2) is 5.46. The molecular weight excluding hydrogens is 252 g/mol. The standard InChI is InChI=1S/C12H18N2O5/c1-19-11(17)8-4-5-13(6-8)12(18)14(7-10(15)16)9-2-3-9/h8-9H,2-7H2,1H3,(H,15,16). The highest BCUT2D eigenvalue weighted by atomic mass is 16.5. The zero-order valence-electron chi connectivity index (χ0n) is 10.9. The van der Waals surface area contributed by atoms with E-state index in [9.17, 15) is 14.4 Å². The van der Waals surface area contributed by atoms with Gasteiger partial charge in [0.1, 0.15) is 6.54 Å². The van der Waals surface area contributed by atoms with Gasteiger partial charge in [-0.25, -0.2) is 4.79 Å². The molecule has 1 aliphatic heterocycles. The molecule has 7 heteroatoms. The van der Waals surface area contributed by atoms with Crippen LogP contribution in [0.1, 0.15) is 19.3 Å². The summed E-state index contributed by atoms with van der Waals surface area (Å²) in [6.45, 7) is 0.513. The van der Waals surface area contributed by atoms with E-state index in [0.29, 0.717) is 19.5 Å². The number of ether oxygens (including phenoxy) is 1. The number of methoxy groups -OCH3 is 1. The molecule has 19 heavy (non-hydrogen) atoms. The maximum atomic E-state index is 12.3. The number of likely N-dealkylation sites (tertiary alicyclic amines) is 1. The normalized spacial score (nSPS) is 22.2. The lowest BCUT2D eigenvalue weighted by molar-refractivity contribution is -0.145. The van der Waals surface area contributed by atoms with Crippen molar-refractivity contribution in [3.8, 4) is 0 Å². The summed E-state index contributed by atoms with van der Waals surface area (Å²) in [5.41, 5.74) is 0. The first-order valence-corrected chi connectivity index (χ1v) is 6.38. The van der Waals surface area contributed by atoms with E-state index in [1.807, 2.05) is 0 Å². The highest BCUT2D eigenvalue weighted by Crippen LogP contribution is 2.29. The third-order valence-corrected chi connectivity index (χ3v) is 3.53. The summed E-state index contributed by atoms with van der Waals surface area (Å²) >= 11 is 0. The van der Waals surface area contributed by atoms with E-state index in [4.69, 9.17) is 5.11 Å². The SMILES string of the molecule is COC(=O)C1CCN(C(=O)N(CC(=O)O)C2CC2)C1. The van der Waals surface area contributed by atoms with Crippen LogP contribution in [-0.2, 0) is 14.3 Å². The number of nitrogens with zero attached hydrogens (tertiary/aromatic N) is 2. The first kappa shape index (κ1) is 13.6. The minimum absolute atomic E-state index is 0.0424. The topological polar surface area (TPSA) is 87.2 Å². The van der Waals surface area contributed by atoms with Crippen LogP contribution in [0.15, 0.2) is 0 Å². The average molecular weight is 270 g/mol. The fourth-order valence-electron chi connectivity index (χ4n) is 2.36. The third-order valence-electron chi connectivity index (χ3n) is 3.53. The van der Waals surface area contributed by atoms with Crippen LogP contribution in [-0.4, -0.2) is 65.7 Å². The fraction of sp³-hybridized carbons (Fsp3) is 0.750. The molecule has 2 amide bonds. The van der Waals surface area contributed by atoms with Crippen LogP contribution in [0.5, 0.6) is 0 Å². The molecule has 1 saturated carbocycles. The van der Waals surface area contributed by atoms with E-state index in [-0.39, 0.29) is 30.5 Å². The van der Waals surface area contributed by atoms with Gasteiger partial charge < -0.3 is 19.6 Å². The molecule has 7 nitrogen and oxygen atoms in total. The molecule has 1 saturated heterocycles.